The zero-order chi connectivity index (χ0) is 15.0. The van der Waals surface area contributed by atoms with Crippen molar-refractivity contribution in [1.82, 2.24) is 24.6 Å². The highest BCUT2D eigenvalue weighted by atomic mass is 35.5. The van der Waals surface area contributed by atoms with Gasteiger partial charge in [-0.05, 0) is 6.54 Å². The summed E-state index contributed by atoms with van der Waals surface area (Å²) in [6.07, 6.45) is 1.87. The lowest BCUT2D eigenvalue weighted by atomic mass is 10.3. The van der Waals surface area contributed by atoms with Crippen LogP contribution in [-0.4, -0.2) is 71.5 Å². The number of anilines is 2. The van der Waals surface area contributed by atoms with E-state index in [-0.39, 0.29) is 12.4 Å². The van der Waals surface area contributed by atoms with E-state index in [1.807, 2.05) is 36.9 Å². The number of nitrogens with zero attached hydrogens (tertiary/aromatic N) is 7. The number of aromatic nitrogens is 4. The van der Waals surface area contributed by atoms with Crippen LogP contribution in [0.2, 0.25) is 0 Å². The second-order valence-corrected chi connectivity index (χ2v) is 5.67. The fraction of sp³-hybridized carbons (Fsp3) is 0.643. The first-order valence-electron chi connectivity index (χ1n) is 7.44. The molecule has 0 spiro atoms. The minimum atomic E-state index is 0. The largest absolute Gasteiger partial charge is 0.353 e. The number of aryl methyl sites for hydroxylation is 1. The maximum Gasteiger partial charge on any atom is 0.228 e. The summed E-state index contributed by atoms with van der Waals surface area (Å²) in [6, 6.07) is 0. The third-order valence-electron chi connectivity index (χ3n) is 4.08. The third kappa shape index (κ3) is 2.96. The highest BCUT2D eigenvalue weighted by Crippen LogP contribution is 2.26. The zero-order valence-corrected chi connectivity index (χ0v) is 14.5. The average molecular weight is 326 g/mol. The van der Waals surface area contributed by atoms with Crippen molar-refractivity contribution in [3.8, 4) is 0 Å². The molecule has 1 aliphatic heterocycles. The van der Waals surface area contributed by atoms with Crippen LogP contribution in [0.4, 0.5) is 11.8 Å². The molecule has 0 radical (unpaired) electrons. The molecule has 1 saturated heterocycles. The smallest absolute Gasteiger partial charge is 0.228 e. The Hall–Kier alpha value is -1.60. The van der Waals surface area contributed by atoms with Gasteiger partial charge in [-0.25, -0.2) is 0 Å². The van der Waals surface area contributed by atoms with Crippen LogP contribution >= 0.6 is 12.4 Å². The lowest BCUT2D eigenvalue weighted by Crippen LogP contribution is -2.46. The molecule has 1 aliphatic rings. The summed E-state index contributed by atoms with van der Waals surface area (Å²) >= 11 is 0. The molecule has 7 nitrogen and oxygen atoms in total. The molecule has 2 aromatic heterocycles. The van der Waals surface area contributed by atoms with Crippen molar-refractivity contribution in [1.29, 1.82) is 0 Å². The Bertz CT molecular complexity index is 631. The van der Waals surface area contributed by atoms with Gasteiger partial charge in [0, 0.05) is 47.3 Å². The maximum atomic E-state index is 4.76. The number of piperazine rings is 1. The van der Waals surface area contributed by atoms with E-state index in [0.717, 1.165) is 55.5 Å². The van der Waals surface area contributed by atoms with E-state index < -0.39 is 0 Å². The maximum absolute atomic E-state index is 4.76. The minimum Gasteiger partial charge on any atom is -0.353 e. The fourth-order valence-electron chi connectivity index (χ4n) is 2.71. The van der Waals surface area contributed by atoms with Crippen molar-refractivity contribution in [3.63, 3.8) is 0 Å². The topological polar surface area (TPSA) is 53.3 Å². The van der Waals surface area contributed by atoms with Gasteiger partial charge >= 0.3 is 0 Å². The van der Waals surface area contributed by atoms with Crippen LogP contribution < -0.4 is 9.80 Å². The molecule has 0 unspecified atom stereocenters. The molecule has 0 bridgehead atoms. The van der Waals surface area contributed by atoms with Gasteiger partial charge in [0.25, 0.3) is 0 Å². The van der Waals surface area contributed by atoms with Crippen LogP contribution in [0.3, 0.4) is 0 Å². The van der Waals surface area contributed by atoms with Crippen molar-refractivity contribution >= 4 is 35.2 Å². The van der Waals surface area contributed by atoms with Crippen LogP contribution in [0.15, 0.2) is 6.20 Å². The van der Waals surface area contributed by atoms with Crippen molar-refractivity contribution in [2.24, 2.45) is 7.05 Å². The molecule has 0 aromatic carbocycles. The Balaban J connectivity index is 0.00000176. The monoisotopic (exact) mass is 325 g/mol. The Kier molecular flexibility index (Phi) is 5.08. The van der Waals surface area contributed by atoms with Gasteiger partial charge in [-0.1, -0.05) is 6.92 Å². The van der Waals surface area contributed by atoms with Gasteiger partial charge in [-0.3, -0.25) is 4.68 Å². The van der Waals surface area contributed by atoms with Gasteiger partial charge in [0.05, 0.1) is 11.6 Å². The van der Waals surface area contributed by atoms with Gasteiger partial charge in [0.2, 0.25) is 5.95 Å². The molecule has 3 rings (SSSR count). The van der Waals surface area contributed by atoms with Crippen LogP contribution in [0.1, 0.15) is 6.92 Å². The van der Waals surface area contributed by atoms with E-state index in [1.54, 1.807) is 0 Å². The zero-order valence-electron chi connectivity index (χ0n) is 13.7. The van der Waals surface area contributed by atoms with Crippen LogP contribution in [0.5, 0.6) is 0 Å². The first-order chi connectivity index (χ1) is 10.1. The van der Waals surface area contributed by atoms with Crippen molar-refractivity contribution in [2.45, 2.75) is 6.92 Å². The molecule has 1 fully saturated rings. The van der Waals surface area contributed by atoms with E-state index in [1.165, 1.54) is 0 Å². The number of halogens is 1. The average Bonchev–Trinajstić information content (AvgIpc) is 2.88. The normalized spacial score (nSPS) is 15.9. The van der Waals surface area contributed by atoms with E-state index in [9.17, 15) is 0 Å². The van der Waals surface area contributed by atoms with Gasteiger partial charge in [0.1, 0.15) is 5.82 Å². The molecular weight excluding hydrogens is 302 g/mol. The molecule has 0 amide bonds. The second kappa shape index (κ2) is 6.66. The summed E-state index contributed by atoms with van der Waals surface area (Å²) < 4.78 is 1.82. The Morgan fingerprint density at radius 3 is 2.41 bits per heavy atom. The lowest BCUT2D eigenvalue weighted by Gasteiger charge is -2.35. The molecule has 0 aliphatic carbocycles. The Morgan fingerprint density at radius 2 is 1.82 bits per heavy atom. The predicted octanol–water partition coefficient (Wildman–Crippen LogP) is 0.993. The summed E-state index contributed by atoms with van der Waals surface area (Å²) in [4.78, 5) is 16.1. The van der Waals surface area contributed by atoms with E-state index in [4.69, 9.17) is 4.98 Å². The first-order valence-corrected chi connectivity index (χ1v) is 7.44. The number of hydrogen-bond donors (Lipinski definition) is 0. The van der Waals surface area contributed by atoms with Crippen LogP contribution in [0, 0.1) is 0 Å². The first kappa shape index (κ1) is 16.8. The summed E-state index contributed by atoms with van der Waals surface area (Å²) in [7, 11) is 5.86. The predicted molar refractivity (Wildman–Crippen MR) is 92.2 cm³/mol. The highest BCUT2D eigenvalue weighted by molar-refractivity contribution is 5.88. The molecule has 0 saturated carbocycles. The number of hydrogen-bond acceptors (Lipinski definition) is 6. The second-order valence-electron chi connectivity index (χ2n) is 5.67. The molecule has 8 heteroatoms. The minimum absolute atomic E-state index is 0. The summed E-state index contributed by atoms with van der Waals surface area (Å²) in [5, 5.41) is 5.38. The highest BCUT2D eigenvalue weighted by Gasteiger charge is 2.21. The standard InChI is InChI=1S/C14H23N7.ClH/c1-5-20-6-8-21(9-7-20)13-11-10-15-19(4)12(11)16-14(17-13)18(2)3;/h10H,5-9H2,1-4H3;1H. The van der Waals surface area contributed by atoms with E-state index >= 15 is 0 Å². The van der Waals surface area contributed by atoms with Gasteiger partial charge < -0.3 is 14.7 Å². The fourth-order valence-corrected chi connectivity index (χ4v) is 2.71. The van der Waals surface area contributed by atoms with Crippen molar-refractivity contribution < 1.29 is 0 Å². The van der Waals surface area contributed by atoms with Crippen LogP contribution in [-0.2, 0) is 7.05 Å². The Morgan fingerprint density at radius 1 is 1.14 bits per heavy atom. The molecule has 22 heavy (non-hydrogen) atoms. The Labute approximate surface area is 137 Å². The van der Waals surface area contributed by atoms with Crippen molar-refractivity contribution in [3.05, 3.63) is 6.20 Å². The molecule has 2 aromatic rings. The van der Waals surface area contributed by atoms with Gasteiger partial charge in [-0.15, -0.1) is 12.4 Å². The molecular formula is C14H24ClN7. The quantitative estimate of drug-likeness (QED) is 0.839. The lowest BCUT2D eigenvalue weighted by molar-refractivity contribution is 0.271. The molecule has 0 N–H and O–H groups in total. The molecule has 122 valence electrons. The third-order valence-corrected chi connectivity index (χ3v) is 4.08. The summed E-state index contributed by atoms with van der Waals surface area (Å²) in [6.45, 7) is 7.50. The number of likely N-dealkylation sites (N-methyl/N-ethyl adjacent to an activating group) is 1. The SMILES string of the molecule is CCN1CCN(c2nc(N(C)C)nc3c2cnn3C)CC1.Cl. The summed E-state index contributed by atoms with van der Waals surface area (Å²) in [5.74, 6) is 1.74. The summed E-state index contributed by atoms with van der Waals surface area (Å²) in [5.41, 5.74) is 0.890. The van der Waals surface area contributed by atoms with E-state index in [2.05, 4.69) is 26.8 Å². The number of rotatable bonds is 3. The van der Waals surface area contributed by atoms with E-state index in [0.29, 0.717) is 0 Å². The van der Waals surface area contributed by atoms with Crippen molar-refractivity contribution in [2.75, 3.05) is 56.6 Å². The van der Waals surface area contributed by atoms with Crippen LogP contribution in [0.25, 0.3) is 11.0 Å². The van der Waals surface area contributed by atoms with Gasteiger partial charge in [-0.2, -0.15) is 15.1 Å². The van der Waals surface area contributed by atoms with Gasteiger partial charge in [0.15, 0.2) is 5.65 Å². The molecule has 3 heterocycles. The number of fused-ring (bicyclic) bond motifs is 1. The molecule has 0 atom stereocenters.